The van der Waals surface area contributed by atoms with Crippen molar-refractivity contribution < 1.29 is 0 Å². The zero-order chi connectivity index (χ0) is 27.3. The number of thiophene rings is 1. The van der Waals surface area contributed by atoms with Crippen LogP contribution in [0, 0.1) is 0 Å². The Morgan fingerprint density at radius 3 is 1.73 bits per heavy atom. The molecule has 0 aliphatic heterocycles. The monoisotopic (exact) mass is 608 g/mol. The van der Waals surface area contributed by atoms with Gasteiger partial charge in [0.25, 0.3) is 0 Å². The standard InChI is InChI=1S/C35H21BrN4S/c36-25-17-20-29-28(21-25)31-27-13-7-8-14-30(27)41-35(31)40(29)26-18-15-24(16-19-26)34-38-32(22-9-3-1-4-10-22)37-33(39-34)23-11-5-2-6-12-23/h1-21H. The Kier molecular flexibility index (Phi) is 5.76. The van der Waals surface area contributed by atoms with Crippen molar-refractivity contribution in [2.45, 2.75) is 0 Å². The smallest absolute Gasteiger partial charge is 0.164 e. The summed E-state index contributed by atoms with van der Waals surface area (Å²) in [5, 5.41) is 3.83. The van der Waals surface area contributed by atoms with Gasteiger partial charge in [-0.1, -0.05) is 94.8 Å². The summed E-state index contributed by atoms with van der Waals surface area (Å²) in [7, 11) is 0. The van der Waals surface area contributed by atoms with E-state index in [9.17, 15) is 0 Å². The Morgan fingerprint density at radius 1 is 0.537 bits per heavy atom. The van der Waals surface area contributed by atoms with Crippen molar-refractivity contribution in [1.29, 1.82) is 0 Å². The van der Waals surface area contributed by atoms with E-state index in [2.05, 4.69) is 87.2 Å². The summed E-state index contributed by atoms with van der Waals surface area (Å²) in [5.41, 5.74) is 5.15. The molecule has 0 saturated heterocycles. The van der Waals surface area contributed by atoms with E-state index in [-0.39, 0.29) is 0 Å². The van der Waals surface area contributed by atoms with Gasteiger partial charge in [-0.05, 0) is 48.5 Å². The first-order valence-electron chi connectivity index (χ1n) is 13.3. The predicted octanol–water partition coefficient (Wildman–Crippen LogP) is 9.95. The fourth-order valence-electron chi connectivity index (χ4n) is 5.42. The predicted molar refractivity (Wildman–Crippen MR) is 174 cm³/mol. The number of benzene rings is 5. The second-order valence-electron chi connectivity index (χ2n) is 9.86. The summed E-state index contributed by atoms with van der Waals surface area (Å²) >= 11 is 5.52. The van der Waals surface area contributed by atoms with E-state index in [1.165, 1.54) is 31.2 Å². The van der Waals surface area contributed by atoms with Crippen LogP contribution in [0.25, 0.3) is 71.1 Å². The molecule has 41 heavy (non-hydrogen) atoms. The summed E-state index contributed by atoms with van der Waals surface area (Å²) in [6.07, 6.45) is 0. The lowest BCUT2D eigenvalue weighted by atomic mass is 10.1. The molecule has 0 fully saturated rings. The number of aromatic nitrogens is 4. The van der Waals surface area contributed by atoms with Gasteiger partial charge in [-0.3, -0.25) is 0 Å². The van der Waals surface area contributed by atoms with Gasteiger partial charge >= 0.3 is 0 Å². The minimum atomic E-state index is 0.651. The van der Waals surface area contributed by atoms with Crippen molar-refractivity contribution in [3.8, 4) is 39.9 Å². The van der Waals surface area contributed by atoms with Crippen LogP contribution in [0.15, 0.2) is 132 Å². The van der Waals surface area contributed by atoms with Crippen LogP contribution in [0.2, 0.25) is 0 Å². The largest absolute Gasteiger partial charge is 0.301 e. The Morgan fingerprint density at radius 2 is 1.10 bits per heavy atom. The maximum Gasteiger partial charge on any atom is 0.164 e. The first-order chi connectivity index (χ1) is 20.2. The Bertz CT molecular complexity index is 2140. The summed E-state index contributed by atoms with van der Waals surface area (Å²) in [4.78, 5) is 15.9. The van der Waals surface area contributed by atoms with Crippen LogP contribution in [-0.2, 0) is 0 Å². The molecule has 0 aliphatic rings. The molecule has 4 nitrogen and oxygen atoms in total. The molecule has 0 aliphatic carbocycles. The topological polar surface area (TPSA) is 43.6 Å². The van der Waals surface area contributed by atoms with Crippen molar-refractivity contribution in [2.24, 2.45) is 0 Å². The molecule has 5 aromatic carbocycles. The third-order valence-corrected chi connectivity index (χ3v) is 8.98. The van der Waals surface area contributed by atoms with E-state index >= 15 is 0 Å². The van der Waals surface area contributed by atoms with Gasteiger partial charge in [-0.15, -0.1) is 11.3 Å². The normalized spacial score (nSPS) is 11.5. The van der Waals surface area contributed by atoms with Crippen LogP contribution >= 0.6 is 27.3 Å². The highest BCUT2D eigenvalue weighted by Gasteiger charge is 2.18. The van der Waals surface area contributed by atoms with Crippen LogP contribution in [-0.4, -0.2) is 19.5 Å². The van der Waals surface area contributed by atoms with Crippen LogP contribution in [0.3, 0.4) is 0 Å². The fourth-order valence-corrected chi connectivity index (χ4v) is 7.03. The van der Waals surface area contributed by atoms with Gasteiger partial charge in [0, 0.05) is 47.7 Å². The van der Waals surface area contributed by atoms with Gasteiger partial charge < -0.3 is 4.57 Å². The van der Waals surface area contributed by atoms with Gasteiger partial charge in [0.1, 0.15) is 4.83 Å². The summed E-state index contributed by atoms with van der Waals surface area (Å²) in [5.74, 6) is 1.97. The lowest BCUT2D eigenvalue weighted by Gasteiger charge is -2.10. The molecule has 0 atom stereocenters. The molecule has 3 heterocycles. The summed E-state index contributed by atoms with van der Waals surface area (Å²) in [6, 6.07) is 43.9. The highest BCUT2D eigenvalue weighted by Crippen LogP contribution is 2.43. The minimum absolute atomic E-state index is 0.651. The molecule has 0 unspecified atom stereocenters. The van der Waals surface area contributed by atoms with Crippen molar-refractivity contribution >= 4 is 58.5 Å². The number of nitrogens with zero attached hydrogens (tertiary/aromatic N) is 4. The Labute approximate surface area is 248 Å². The first kappa shape index (κ1) is 24.2. The molecule has 0 N–H and O–H groups in total. The number of hydrogen-bond acceptors (Lipinski definition) is 4. The zero-order valence-electron chi connectivity index (χ0n) is 21.7. The van der Waals surface area contributed by atoms with Crippen LogP contribution in [0.4, 0.5) is 0 Å². The maximum absolute atomic E-state index is 4.90. The highest BCUT2D eigenvalue weighted by atomic mass is 79.9. The summed E-state index contributed by atoms with van der Waals surface area (Å²) in [6.45, 7) is 0. The molecule has 0 spiro atoms. The molecule has 6 heteroatoms. The average molecular weight is 610 g/mol. The van der Waals surface area contributed by atoms with Gasteiger partial charge in [0.2, 0.25) is 0 Å². The van der Waals surface area contributed by atoms with E-state index in [0.29, 0.717) is 17.5 Å². The molecule has 0 saturated carbocycles. The number of fused-ring (bicyclic) bond motifs is 5. The average Bonchev–Trinajstić information content (AvgIpc) is 3.56. The van der Waals surface area contributed by atoms with Gasteiger partial charge in [-0.25, -0.2) is 15.0 Å². The second-order valence-corrected chi connectivity index (χ2v) is 11.8. The maximum atomic E-state index is 4.90. The molecule has 0 bridgehead atoms. The fraction of sp³-hybridized carbons (Fsp3) is 0. The van der Waals surface area contributed by atoms with Crippen LogP contribution in [0.5, 0.6) is 0 Å². The third-order valence-electron chi connectivity index (χ3n) is 7.33. The summed E-state index contributed by atoms with van der Waals surface area (Å²) < 4.78 is 4.73. The second kappa shape index (κ2) is 9.77. The Balaban J connectivity index is 1.29. The minimum Gasteiger partial charge on any atom is -0.301 e. The van der Waals surface area contributed by atoms with Gasteiger partial charge in [-0.2, -0.15) is 0 Å². The van der Waals surface area contributed by atoms with E-state index in [0.717, 1.165) is 26.9 Å². The van der Waals surface area contributed by atoms with Crippen molar-refractivity contribution in [2.75, 3.05) is 0 Å². The van der Waals surface area contributed by atoms with Crippen molar-refractivity contribution in [1.82, 2.24) is 19.5 Å². The van der Waals surface area contributed by atoms with Crippen LogP contribution < -0.4 is 0 Å². The Hall–Kier alpha value is -4.65. The first-order valence-corrected chi connectivity index (χ1v) is 14.9. The molecule has 3 aromatic heterocycles. The molecule has 8 aromatic rings. The van der Waals surface area contributed by atoms with E-state index in [4.69, 9.17) is 15.0 Å². The van der Waals surface area contributed by atoms with E-state index in [1.807, 2.05) is 72.0 Å². The molecule has 8 rings (SSSR count). The molecule has 0 amide bonds. The quantitative estimate of drug-likeness (QED) is 0.200. The van der Waals surface area contributed by atoms with E-state index < -0.39 is 0 Å². The number of halogens is 1. The lowest BCUT2D eigenvalue weighted by molar-refractivity contribution is 1.07. The molecule has 194 valence electrons. The molecular weight excluding hydrogens is 588 g/mol. The SMILES string of the molecule is Brc1ccc2c(c1)c1c3ccccc3sc1n2-c1ccc(-c2nc(-c3ccccc3)nc(-c3ccccc3)n2)cc1. The molecule has 0 radical (unpaired) electrons. The zero-order valence-corrected chi connectivity index (χ0v) is 24.1. The number of rotatable bonds is 4. The van der Waals surface area contributed by atoms with Gasteiger partial charge in [0.15, 0.2) is 17.5 Å². The molecular formula is C35H21BrN4S. The van der Waals surface area contributed by atoms with Crippen molar-refractivity contribution in [3.05, 3.63) is 132 Å². The highest BCUT2D eigenvalue weighted by molar-refractivity contribution is 9.10. The van der Waals surface area contributed by atoms with Gasteiger partial charge in [0.05, 0.1) is 5.52 Å². The van der Waals surface area contributed by atoms with E-state index in [1.54, 1.807) is 0 Å². The third kappa shape index (κ3) is 4.15. The lowest BCUT2D eigenvalue weighted by Crippen LogP contribution is -2.00. The van der Waals surface area contributed by atoms with Crippen molar-refractivity contribution in [3.63, 3.8) is 0 Å². The van der Waals surface area contributed by atoms with Crippen LogP contribution in [0.1, 0.15) is 0 Å². The number of hydrogen-bond donors (Lipinski definition) is 0.